The first-order valence-corrected chi connectivity index (χ1v) is 12.8. The molecule has 32 heavy (non-hydrogen) atoms. The average molecular weight is 457 g/mol. The van der Waals surface area contributed by atoms with Gasteiger partial charge in [0.1, 0.15) is 0 Å². The lowest BCUT2D eigenvalue weighted by Crippen LogP contribution is -2.23. The minimum atomic E-state index is -0.475. The lowest BCUT2D eigenvalue weighted by molar-refractivity contribution is -0.147. The minimum absolute atomic E-state index is 0.0510. The van der Waals surface area contributed by atoms with E-state index < -0.39 is 12.2 Å². The van der Waals surface area contributed by atoms with Crippen molar-refractivity contribution in [1.82, 2.24) is 0 Å². The molecular formula is C26H48O6. The van der Waals surface area contributed by atoms with Gasteiger partial charge in [-0.3, -0.25) is 4.79 Å². The summed E-state index contributed by atoms with van der Waals surface area (Å²) in [5, 5.41) is 20.7. The Bertz CT molecular complexity index is 493. The summed E-state index contributed by atoms with van der Waals surface area (Å²) in [6, 6.07) is 0. The number of carbonyl (C=O) groups is 1. The van der Waals surface area contributed by atoms with Crippen LogP contribution in [0.15, 0.2) is 12.2 Å². The molecule has 2 N–H and O–H groups in total. The number of carbonyl (C=O) groups excluding carboxylic acids is 1. The number of unbranched alkanes of at least 4 members (excludes halogenated alkanes) is 5. The maximum absolute atomic E-state index is 11.5. The number of hydrogen-bond acceptors (Lipinski definition) is 6. The number of hydrogen-bond donors (Lipinski definition) is 2. The zero-order chi connectivity index (χ0) is 23.6. The van der Waals surface area contributed by atoms with Crippen LogP contribution in [0.5, 0.6) is 0 Å². The SMILES string of the molecule is CCCCCCCOCCOCC[C@@H]1[C@@H](CC=CCCCC(=O)OC(C)C)[C@@H](O)C[C@H]1O. The smallest absolute Gasteiger partial charge is 0.306 e. The average Bonchev–Trinajstić information content (AvgIpc) is 3.00. The summed E-state index contributed by atoms with van der Waals surface area (Å²) in [7, 11) is 0. The third-order valence-electron chi connectivity index (χ3n) is 6.07. The number of allylic oxidation sites excluding steroid dienone is 2. The highest BCUT2D eigenvalue weighted by Gasteiger charge is 2.40. The van der Waals surface area contributed by atoms with E-state index in [0.717, 1.165) is 38.7 Å². The molecular weight excluding hydrogens is 408 g/mol. The maximum atomic E-state index is 11.5. The van der Waals surface area contributed by atoms with Crippen molar-refractivity contribution in [3.8, 4) is 0 Å². The van der Waals surface area contributed by atoms with E-state index in [1.807, 2.05) is 13.8 Å². The highest BCUT2D eigenvalue weighted by Crippen LogP contribution is 2.37. The zero-order valence-electron chi connectivity index (χ0n) is 20.7. The lowest BCUT2D eigenvalue weighted by Gasteiger charge is -2.22. The predicted molar refractivity (Wildman–Crippen MR) is 127 cm³/mol. The van der Waals surface area contributed by atoms with E-state index in [-0.39, 0.29) is 23.9 Å². The van der Waals surface area contributed by atoms with Gasteiger partial charge in [0.15, 0.2) is 0 Å². The number of aliphatic hydroxyl groups excluding tert-OH is 2. The van der Waals surface area contributed by atoms with Gasteiger partial charge in [-0.1, -0.05) is 44.8 Å². The summed E-state index contributed by atoms with van der Waals surface area (Å²) in [5.74, 6) is -0.0505. The van der Waals surface area contributed by atoms with Gasteiger partial charge in [-0.2, -0.15) is 0 Å². The quantitative estimate of drug-likeness (QED) is 0.165. The molecule has 0 bridgehead atoms. The summed E-state index contributed by atoms with van der Waals surface area (Å²) < 4.78 is 16.4. The molecule has 0 amide bonds. The fraction of sp³-hybridized carbons (Fsp3) is 0.885. The van der Waals surface area contributed by atoms with Crippen LogP contribution in [0.3, 0.4) is 0 Å². The van der Waals surface area contributed by atoms with Gasteiger partial charge < -0.3 is 24.4 Å². The van der Waals surface area contributed by atoms with Crippen molar-refractivity contribution in [2.45, 2.75) is 110 Å². The van der Waals surface area contributed by atoms with E-state index in [9.17, 15) is 15.0 Å². The number of rotatable bonds is 19. The van der Waals surface area contributed by atoms with Crippen LogP contribution < -0.4 is 0 Å². The molecule has 6 nitrogen and oxygen atoms in total. The van der Waals surface area contributed by atoms with Gasteiger partial charge in [0.25, 0.3) is 0 Å². The Labute approximate surface area is 195 Å². The van der Waals surface area contributed by atoms with Gasteiger partial charge in [0, 0.05) is 19.6 Å². The summed E-state index contributed by atoms with van der Waals surface area (Å²) in [6.07, 6.45) is 13.2. The van der Waals surface area contributed by atoms with Crippen LogP contribution >= 0.6 is 0 Å². The largest absolute Gasteiger partial charge is 0.463 e. The molecule has 188 valence electrons. The van der Waals surface area contributed by atoms with Crippen LogP contribution in [0.1, 0.15) is 91.4 Å². The van der Waals surface area contributed by atoms with Crippen molar-refractivity contribution in [1.29, 1.82) is 0 Å². The zero-order valence-corrected chi connectivity index (χ0v) is 20.7. The van der Waals surface area contributed by atoms with Gasteiger partial charge in [-0.05, 0) is 64.2 Å². The Balaban J connectivity index is 2.14. The molecule has 0 spiro atoms. The molecule has 0 radical (unpaired) electrons. The van der Waals surface area contributed by atoms with Crippen molar-refractivity contribution in [3.05, 3.63) is 12.2 Å². The first kappa shape index (κ1) is 29.1. The number of esters is 1. The molecule has 0 aromatic heterocycles. The molecule has 6 heteroatoms. The Morgan fingerprint density at radius 1 is 0.906 bits per heavy atom. The minimum Gasteiger partial charge on any atom is -0.463 e. The maximum Gasteiger partial charge on any atom is 0.306 e. The molecule has 0 aliphatic heterocycles. The van der Waals surface area contributed by atoms with Crippen LogP contribution in [-0.4, -0.2) is 60.9 Å². The second kappa shape index (κ2) is 18.5. The molecule has 1 fully saturated rings. The summed E-state index contributed by atoms with van der Waals surface area (Å²) in [6.45, 7) is 8.48. The van der Waals surface area contributed by atoms with Crippen molar-refractivity contribution >= 4 is 5.97 Å². The Morgan fingerprint density at radius 2 is 1.59 bits per heavy atom. The Morgan fingerprint density at radius 3 is 2.31 bits per heavy atom. The standard InChI is InChI=1S/C26H48O6/c1-4-5-6-9-12-16-30-18-19-31-17-15-23-22(24(27)20-25(23)28)13-10-7-8-11-14-26(29)32-21(2)3/h7,10,21-25,27-28H,4-6,8-9,11-20H2,1-3H3/t22-,23-,24+,25-/m1/s1. The molecule has 1 aliphatic carbocycles. The van der Waals surface area contributed by atoms with Crippen molar-refractivity contribution < 1.29 is 29.2 Å². The van der Waals surface area contributed by atoms with Gasteiger partial charge in [-0.15, -0.1) is 0 Å². The summed E-state index contributed by atoms with van der Waals surface area (Å²) in [4.78, 5) is 11.5. The lowest BCUT2D eigenvalue weighted by atomic mass is 9.88. The third kappa shape index (κ3) is 13.6. The topological polar surface area (TPSA) is 85.2 Å². The van der Waals surface area contributed by atoms with Gasteiger partial charge in [0.05, 0.1) is 31.5 Å². The first-order valence-electron chi connectivity index (χ1n) is 12.8. The fourth-order valence-corrected chi connectivity index (χ4v) is 4.31. The molecule has 0 saturated heterocycles. The molecule has 0 aromatic carbocycles. The second-order valence-corrected chi connectivity index (χ2v) is 9.26. The highest BCUT2D eigenvalue weighted by atomic mass is 16.5. The van der Waals surface area contributed by atoms with Crippen LogP contribution in [0, 0.1) is 11.8 Å². The summed E-state index contributed by atoms with van der Waals surface area (Å²) >= 11 is 0. The van der Waals surface area contributed by atoms with Gasteiger partial charge >= 0.3 is 5.97 Å². The van der Waals surface area contributed by atoms with E-state index in [0.29, 0.717) is 32.7 Å². The number of ether oxygens (including phenoxy) is 3. The molecule has 4 atom stereocenters. The Kier molecular flexibility index (Phi) is 16.8. The van der Waals surface area contributed by atoms with Crippen LogP contribution in [0.2, 0.25) is 0 Å². The van der Waals surface area contributed by atoms with E-state index >= 15 is 0 Å². The van der Waals surface area contributed by atoms with Crippen LogP contribution in [0.25, 0.3) is 0 Å². The third-order valence-corrected chi connectivity index (χ3v) is 6.07. The van der Waals surface area contributed by atoms with Crippen LogP contribution in [-0.2, 0) is 19.0 Å². The molecule has 1 aliphatic rings. The van der Waals surface area contributed by atoms with Gasteiger partial charge in [-0.25, -0.2) is 0 Å². The van der Waals surface area contributed by atoms with Crippen molar-refractivity contribution in [2.75, 3.05) is 26.4 Å². The van der Waals surface area contributed by atoms with Gasteiger partial charge in [0.2, 0.25) is 0 Å². The molecule has 0 unspecified atom stereocenters. The van der Waals surface area contributed by atoms with E-state index in [4.69, 9.17) is 14.2 Å². The first-order chi connectivity index (χ1) is 15.5. The fourth-order valence-electron chi connectivity index (χ4n) is 4.31. The predicted octanol–water partition coefficient (Wildman–Crippen LogP) is 4.81. The van der Waals surface area contributed by atoms with Crippen molar-refractivity contribution in [2.24, 2.45) is 11.8 Å². The summed E-state index contributed by atoms with van der Waals surface area (Å²) in [5.41, 5.74) is 0. The normalized spacial score (nSPS) is 23.4. The second-order valence-electron chi connectivity index (χ2n) is 9.26. The Hall–Kier alpha value is -0.950. The highest BCUT2D eigenvalue weighted by molar-refractivity contribution is 5.69. The molecule has 0 heterocycles. The molecule has 1 saturated carbocycles. The molecule has 0 aromatic rings. The monoisotopic (exact) mass is 456 g/mol. The van der Waals surface area contributed by atoms with Crippen molar-refractivity contribution in [3.63, 3.8) is 0 Å². The van der Waals surface area contributed by atoms with E-state index in [1.54, 1.807) is 0 Å². The van der Waals surface area contributed by atoms with E-state index in [2.05, 4.69) is 19.1 Å². The molecule has 1 rings (SSSR count). The number of aliphatic hydroxyl groups is 2. The van der Waals surface area contributed by atoms with Crippen LogP contribution in [0.4, 0.5) is 0 Å². The van der Waals surface area contributed by atoms with E-state index in [1.165, 1.54) is 25.7 Å².